The van der Waals surface area contributed by atoms with Crippen LogP contribution in [0.4, 0.5) is 13.2 Å². The number of aromatic hydroxyl groups is 1. The zero-order chi connectivity index (χ0) is 22.0. The van der Waals surface area contributed by atoms with E-state index in [1.54, 1.807) is 18.2 Å². The Labute approximate surface area is 179 Å². The molecule has 0 bridgehead atoms. The number of rotatable bonds is 5. The van der Waals surface area contributed by atoms with Gasteiger partial charge in [-0.2, -0.15) is 13.2 Å². The molecule has 1 N–H and O–H groups in total. The fraction of sp³-hybridized carbons (Fsp3) is 0.333. The van der Waals surface area contributed by atoms with E-state index in [0.717, 1.165) is 48.5 Å². The van der Waals surface area contributed by atoms with Crippen molar-refractivity contribution in [2.24, 2.45) is 0 Å². The first-order valence-corrected chi connectivity index (χ1v) is 10.4. The Hall–Kier alpha value is -2.93. The van der Waals surface area contributed by atoms with Gasteiger partial charge in [-0.3, -0.25) is 4.90 Å². The number of fused-ring (bicyclic) bond motifs is 1. The average molecular weight is 430 g/mol. The topological polar surface area (TPSA) is 37.6 Å². The first-order chi connectivity index (χ1) is 14.9. The molecule has 2 aromatic carbocycles. The molecule has 31 heavy (non-hydrogen) atoms. The smallest absolute Gasteiger partial charge is 0.416 e. The highest BCUT2D eigenvalue weighted by molar-refractivity contribution is 5.42. The average Bonchev–Trinajstić information content (AvgIpc) is 3.11. The minimum Gasteiger partial charge on any atom is -0.504 e. The van der Waals surface area contributed by atoms with E-state index in [1.807, 2.05) is 37.4 Å². The number of hydrogen-bond donors (Lipinski definition) is 1. The Morgan fingerprint density at radius 1 is 1.06 bits per heavy atom. The van der Waals surface area contributed by atoms with Crippen LogP contribution in [0.1, 0.15) is 41.8 Å². The van der Waals surface area contributed by atoms with Crippen molar-refractivity contribution >= 4 is 0 Å². The zero-order valence-corrected chi connectivity index (χ0v) is 17.3. The summed E-state index contributed by atoms with van der Waals surface area (Å²) in [4.78, 5) is 2.27. The number of halogens is 3. The standard InChI is InChI=1S/C24H25F3N2O2/c1-2-31-22-15-17(6-11-21(22)30)16-29-14-4-13-28-12-3-5-20(28)23(29)18-7-9-19(10-8-18)24(25,26)27/h3,5-12,15,23,30H,2,4,13-14,16H2,1H3/t23-/m1/s1. The molecule has 0 unspecified atom stereocenters. The lowest BCUT2D eigenvalue weighted by atomic mass is 9.99. The van der Waals surface area contributed by atoms with Gasteiger partial charge in [-0.25, -0.2) is 0 Å². The van der Waals surface area contributed by atoms with Gasteiger partial charge in [-0.15, -0.1) is 0 Å². The van der Waals surface area contributed by atoms with E-state index in [-0.39, 0.29) is 11.8 Å². The third-order valence-electron chi connectivity index (χ3n) is 5.62. The molecule has 0 saturated carbocycles. The fourth-order valence-corrected chi connectivity index (χ4v) is 4.21. The van der Waals surface area contributed by atoms with Crippen LogP contribution in [0, 0.1) is 0 Å². The van der Waals surface area contributed by atoms with Gasteiger partial charge in [-0.1, -0.05) is 18.2 Å². The van der Waals surface area contributed by atoms with Crippen molar-refractivity contribution in [3.05, 3.63) is 83.2 Å². The summed E-state index contributed by atoms with van der Waals surface area (Å²) in [7, 11) is 0. The quantitative estimate of drug-likeness (QED) is 0.572. The summed E-state index contributed by atoms with van der Waals surface area (Å²) in [6.45, 7) is 4.53. The van der Waals surface area contributed by atoms with Crippen LogP contribution in [0.5, 0.6) is 11.5 Å². The van der Waals surface area contributed by atoms with Gasteiger partial charge in [0.25, 0.3) is 0 Å². The van der Waals surface area contributed by atoms with Crippen LogP contribution in [0.2, 0.25) is 0 Å². The minimum atomic E-state index is -4.36. The Kier molecular flexibility index (Phi) is 5.96. The van der Waals surface area contributed by atoms with E-state index in [2.05, 4.69) is 9.47 Å². The first kappa shape index (κ1) is 21.3. The Morgan fingerprint density at radius 2 is 1.84 bits per heavy atom. The summed E-state index contributed by atoms with van der Waals surface area (Å²) in [5.74, 6) is 0.527. The summed E-state index contributed by atoms with van der Waals surface area (Å²) in [6.07, 6.45) is -1.41. The van der Waals surface area contributed by atoms with Crippen LogP contribution in [0.3, 0.4) is 0 Å². The molecule has 4 nitrogen and oxygen atoms in total. The van der Waals surface area contributed by atoms with Gasteiger partial charge < -0.3 is 14.4 Å². The number of phenolic OH excluding ortho intramolecular Hbond substituents is 1. The molecule has 2 heterocycles. The predicted molar refractivity (Wildman–Crippen MR) is 112 cm³/mol. The second-order valence-corrected chi connectivity index (χ2v) is 7.71. The summed E-state index contributed by atoms with van der Waals surface area (Å²) in [6, 6.07) is 14.6. The summed E-state index contributed by atoms with van der Waals surface area (Å²) >= 11 is 0. The molecule has 1 aromatic heterocycles. The summed E-state index contributed by atoms with van der Waals surface area (Å²) in [5, 5.41) is 10.0. The number of benzene rings is 2. The van der Waals surface area contributed by atoms with E-state index in [1.165, 1.54) is 0 Å². The molecule has 0 saturated heterocycles. The molecular weight excluding hydrogens is 405 g/mol. The maximum atomic E-state index is 13.1. The van der Waals surface area contributed by atoms with Gasteiger partial charge in [0.15, 0.2) is 11.5 Å². The Bertz CT molecular complexity index is 1030. The molecule has 1 atom stereocenters. The van der Waals surface area contributed by atoms with Gasteiger partial charge >= 0.3 is 6.18 Å². The van der Waals surface area contributed by atoms with Crippen molar-refractivity contribution in [1.29, 1.82) is 0 Å². The maximum Gasteiger partial charge on any atom is 0.416 e. The molecule has 0 amide bonds. The SMILES string of the molecule is CCOc1cc(CN2CCCn3cccc3[C@H]2c2ccc(C(F)(F)F)cc2)ccc1O. The fourth-order valence-electron chi connectivity index (χ4n) is 4.21. The lowest BCUT2D eigenvalue weighted by molar-refractivity contribution is -0.137. The molecular formula is C24H25F3N2O2. The van der Waals surface area contributed by atoms with Gasteiger partial charge in [-0.05, 0) is 60.9 Å². The van der Waals surface area contributed by atoms with Crippen LogP contribution in [0.15, 0.2) is 60.8 Å². The molecule has 0 aliphatic carbocycles. The van der Waals surface area contributed by atoms with Gasteiger partial charge in [0.05, 0.1) is 18.2 Å². The lowest BCUT2D eigenvalue weighted by Crippen LogP contribution is -2.29. The number of phenols is 1. The van der Waals surface area contributed by atoms with E-state index in [4.69, 9.17) is 4.74 Å². The Morgan fingerprint density at radius 3 is 2.55 bits per heavy atom. The maximum absolute atomic E-state index is 13.1. The van der Waals surface area contributed by atoms with Crippen LogP contribution in [-0.2, 0) is 19.3 Å². The molecule has 0 fully saturated rings. The lowest BCUT2D eigenvalue weighted by Gasteiger charge is -2.31. The van der Waals surface area contributed by atoms with Crippen molar-refractivity contribution in [2.75, 3.05) is 13.2 Å². The molecule has 4 rings (SSSR count). The molecule has 1 aliphatic rings. The number of nitrogens with zero attached hydrogens (tertiary/aromatic N) is 2. The predicted octanol–water partition coefficient (Wildman–Crippen LogP) is 5.61. The summed E-state index contributed by atoms with van der Waals surface area (Å²) in [5.41, 5.74) is 2.20. The van der Waals surface area contributed by atoms with E-state index >= 15 is 0 Å². The monoisotopic (exact) mass is 430 g/mol. The van der Waals surface area contributed by atoms with Gasteiger partial charge in [0, 0.05) is 31.5 Å². The van der Waals surface area contributed by atoms with Gasteiger partial charge in [0.1, 0.15) is 0 Å². The van der Waals surface area contributed by atoms with Crippen LogP contribution >= 0.6 is 0 Å². The van der Waals surface area contributed by atoms with Crippen LogP contribution in [-0.4, -0.2) is 27.7 Å². The second-order valence-electron chi connectivity index (χ2n) is 7.71. The minimum absolute atomic E-state index is 0.0923. The highest BCUT2D eigenvalue weighted by Crippen LogP contribution is 2.36. The normalized spacial score (nSPS) is 17.2. The second kappa shape index (κ2) is 8.67. The molecule has 7 heteroatoms. The van der Waals surface area contributed by atoms with Crippen molar-refractivity contribution in [3.8, 4) is 11.5 Å². The van der Waals surface area contributed by atoms with Gasteiger partial charge in [0.2, 0.25) is 0 Å². The number of hydrogen-bond acceptors (Lipinski definition) is 3. The van der Waals surface area contributed by atoms with Crippen molar-refractivity contribution in [3.63, 3.8) is 0 Å². The summed E-state index contributed by atoms with van der Waals surface area (Å²) < 4.78 is 46.9. The highest BCUT2D eigenvalue weighted by Gasteiger charge is 2.32. The van der Waals surface area contributed by atoms with Crippen molar-refractivity contribution in [1.82, 2.24) is 9.47 Å². The zero-order valence-electron chi connectivity index (χ0n) is 17.3. The molecule has 3 aromatic rings. The Balaban J connectivity index is 1.69. The first-order valence-electron chi connectivity index (χ1n) is 10.4. The van der Waals surface area contributed by atoms with E-state index in [0.29, 0.717) is 18.9 Å². The molecule has 1 aliphatic heterocycles. The van der Waals surface area contributed by atoms with Crippen LogP contribution in [0.25, 0.3) is 0 Å². The van der Waals surface area contributed by atoms with Crippen LogP contribution < -0.4 is 4.74 Å². The largest absolute Gasteiger partial charge is 0.504 e. The molecule has 0 spiro atoms. The highest BCUT2D eigenvalue weighted by atomic mass is 19.4. The number of alkyl halides is 3. The van der Waals surface area contributed by atoms with Crippen molar-refractivity contribution < 1.29 is 23.0 Å². The molecule has 0 radical (unpaired) electrons. The third-order valence-corrected chi connectivity index (χ3v) is 5.62. The molecule has 164 valence electrons. The number of ether oxygens (including phenoxy) is 1. The number of aromatic nitrogens is 1. The van der Waals surface area contributed by atoms with Crippen molar-refractivity contribution in [2.45, 2.75) is 38.7 Å². The third kappa shape index (κ3) is 4.56. The van der Waals surface area contributed by atoms with E-state index in [9.17, 15) is 18.3 Å². The van der Waals surface area contributed by atoms with E-state index < -0.39 is 11.7 Å². The number of aryl methyl sites for hydroxylation is 1.